The maximum Gasteiger partial charge on any atom is 0.225 e. The summed E-state index contributed by atoms with van der Waals surface area (Å²) in [6.07, 6.45) is 4.13. The number of nitriles is 1. The Morgan fingerprint density at radius 1 is 1.21 bits per heavy atom. The van der Waals surface area contributed by atoms with E-state index in [1.807, 2.05) is 36.5 Å². The standard InChI is InChI=1S/C15H16N4/c1-12-6-3-4-7-14(12)13-10-17-15(18-11-13)19(2)9-5-8-16/h3-4,6-7,10-11H,5,9H2,1-2H3. The Kier molecular flexibility index (Phi) is 4.09. The summed E-state index contributed by atoms with van der Waals surface area (Å²) in [4.78, 5) is 10.6. The van der Waals surface area contributed by atoms with Crippen molar-refractivity contribution in [3.63, 3.8) is 0 Å². The molecule has 19 heavy (non-hydrogen) atoms. The minimum atomic E-state index is 0.472. The van der Waals surface area contributed by atoms with Gasteiger partial charge in [-0.2, -0.15) is 5.26 Å². The molecule has 2 rings (SSSR count). The number of nitrogens with zero attached hydrogens (tertiary/aromatic N) is 4. The largest absolute Gasteiger partial charge is 0.343 e. The summed E-state index contributed by atoms with van der Waals surface area (Å²) in [6.45, 7) is 2.71. The molecule has 0 bridgehead atoms. The highest BCUT2D eigenvalue weighted by Crippen LogP contribution is 2.22. The molecule has 0 fully saturated rings. The maximum absolute atomic E-state index is 8.57. The Balaban J connectivity index is 2.20. The second kappa shape index (κ2) is 5.96. The van der Waals surface area contributed by atoms with E-state index in [1.165, 1.54) is 5.56 Å². The van der Waals surface area contributed by atoms with Gasteiger partial charge in [-0.05, 0) is 18.1 Å². The summed E-state index contributed by atoms with van der Waals surface area (Å²) in [5.74, 6) is 0.646. The monoisotopic (exact) mass is 252 g/mol. The highest BCUT2D eigenvalue weighted by atomic mass is 15.2. The number of rotatable bonds is 4. The van der Waals surface area contributed by atoms with Crippen molar-refractivity contribution in [3.8, 4) is 17.2 Å². The lowest BCUT2D eigenvalue weighted by atomic mass is 10.0. The van der Waals surface area contributed by atoms with E-state index < -0.39 is 0 Å². The topological polar surface area (TPSA) is 52.8 Å². The Hall–Kier alpha value is -2.41. The van der Waals surface area contributed by atoms with Crippen LogP contribution in [0, 0.1) is 18.3 Å². The lowest BCUT2D eigenvalue weighted by molar-refractivity contribution is 0.859. The minimum absolute atomic E-state index is 0.472. The van der Waals surface area contributed by atoms with E-state index in [0.717, 1.165) is 11.1 Å². The fraction of sp³-hybridized carbons (Fsp3) is 0.267. The molecule has 0 amide bonds. The first kappa shape index (κ1) is 13.0. The number of anilines is 1. The van der Waals surface area contributed by atoms with Crippen molar-refractivity contribution >= 4 is 5.95 Å². The zero-order valence-corrected chi connectivity index (χ0v) is 11.2. The van der Waals surface area contributed by atoms with Gasteiger partial charge in [0.2, 0.25) is 5.95 Å². The van der Waals surface area contributed by atoms with Crippen LogP contribution in [0.25, 0.3) is 11.1 Å². The summed E-state index contributed by atoms with van der Waals surface area (Å²) >= 11 is 0. The first-order chi connectivity index (χ1) is 9.22. The van der Waals surface area contributed by atoms with Crippen molar-refractivity contribution in [2.75, 3.05) is 18.5 Å². The summed E-state index contributed by atoms with van der Waals surface area (Å²) in [6, 6.07) is 10.3. The molecule has 4 nitrogen and oxygen atoms in total. The molecule has 0 N–H and O–H groups in total. The van der Waals surface area contributed by atoms with Gasteiger partial charge in [0.1, 0.15) is 0 Å². The van der Waals surface area contributed by atoms with Crippen LogP contribution in [0.2, 0.25) is 0 Å². The molecule has 1 aromatic heterocycles. The van der Waals surface area contributed by atoms with Crippen molar-refractivity contribution in [2.24, 2.45) is 0 Å². The lowest BCUT2D eigenvalue weighted by Gasteiger charge is -2.15. The van der Waals surface area contributed by atoms with Crippen LogP contribution < -0.4 is 4.90 Å². The molecule has 1 heterocycles. The number of hydrogen-bond donors (Lipinski definition) is 0. The molecule has 96 valence electrons. The van der Waals surface area contributed by atoms with Gasteiger partial charge < -0.3 is 4.90 Å². The van der Waals surface area contributed by atoms with Gasteiger partial charge in [-0.3, -0.25) is 0 Å². The summed E-state index contributed by atoms with van der Waals surface area (Å²) in [7, 11) is 1.89. The fourth-order valence-electron chi connectivity index (χ4n) is 1.87. The van der Waals surface area contributed by atoms with Crippen LogP contribution in [-0.2, 0) is 0 Å². The van der Waals surface area contributed by atoms with Gasteiger partial charge in [-0.1, -0.05) is 24.3 Å². The number of benzene rings is 1. The third-order valence-corrected chi connectivity index (χ3v) is 2.99. The Morgan fingerprint density at radius 3 is 2.53 bits per heavy atom. The van der Waals surface area contributed by atoms with Crippen LogP contribution in [0.5, 0.6) is 0 Å². The summed E-state index contributed by atoms with van der Waals surface area (Å²) < 4.78 is 0. The second-order valence-corrected chi connectivity index (χ2v) is 4.42. The van der Waals surface area contributed by atoms with Crippen molar-refractivity contribution in [3.05, 3.63) is 42.2 Å². The number of aromatic nitrogens is 2. The van der Waals surface area contributed by atoms with Crippen LogP contribution in [0.3, 0.4) is 0 Å². The molecular formula is C15H16N4. The molecule has 0 saturated heterocycles. The van der Waals surface area contributed by atoms with E-state index in [9.17, 15) is 0 Å². The van der Waals surface area contributed by atoms with Gasteiger partial charge >= 0.3 is 0 Å². The summed E-state index contributed by atoms with van der Waals surface area (Å²) in [5, 5.41) is 8.57. The average molecular weight is 252 g/mol. The van der Waals surface area contributed by atoms with E-state index >= 15 is 0 Å². The normalized spacial score (nSPS) is 9.95. The van der Waals surface area contributed by atoms with Gasteiger partial charge in [0.25, 0.3) is 0 Å². The zero-order chi connectivity index (χ0) is 13.7. The molecule has 0 saturated carbocycles. The Bertz CT molecular complexity index is 584. The van der Waals surface area contributed by atoms with Crippen molar-refractivity contribution in [2.45, 2.75) is 13.3 Å². The number of aryl methyl sites for hydroxylation is 1. The molecule has 0 spiro atoms. The van der Waals surface area contributed by atoms with Gasteiger partial charge in [0.05, 0.1) is 12.5 Å². The fourth-order valence-corrected chi connectivity index (χ4v) is 1.87. The molecule has 0 aliphatic heterocycles. The van der Waals surface area contributed by atoms with Gasteiger partial charge in [0, 0.05) is 31.5 Å². The highest BCUT2D eigenvalue weighted by molar-refractivity contribution is 5.65. The van der Waals surface area contributed by atoms with Crippen molar-refractivity contribution in [1.29, 1.82) is 5.26 Å². The molecule has 4 heteroatoms. The molecule has 2 aromatic rings. The van der Waals surface area contributed by atoms with E-state index in [2.05, 4.69) is 35.1 Å². The molecular weight excluding hydrogens is 236 g/mol. The SMILES string of the molecule is Cc1ccccc1-c1cnc(N(C)CCC#N)nc1. The predicted octanol–water partition coefficient (Wildman–Crippen LogP) is 2.80. The molecule has 0 radical (unpaired) electrons. The highest BCUT2D eigenvalue weighted by Gasteiger charge is 2.06. The molecule has 1 aromatic carbocycles. The third kappa shape index (κ3) is 3.08. The molecule has 0 aliphatic rings. The van der Waals surface area contributed by atoms with Gasteiger partial charge in [-0.25, -0.2) is 9.97 Å². The molecule has 0 atom stereocenters. The lowest BCUT2D eigenvalue weighted by Crippen LogP contribution is -2.20. The minimum Gasteiger partial charge on any atom is -0.343 e. The first-order valence-electron chi connectivity index (χ1n) is 6.18. The van der Waals surface area contributed by atoms with Crippen LogP contribution in [0.4, 0.5) is 5.95 Å². The van der Waals surface area contributed by atoms with E-state index in [0.29, 0.717) is 18.9 Å². The smallest absolute Gasteiger partial charge is 0.225 e. The van der Waals surface area contributed by atoms with Crippen LogP contribution in [-0.4, -0.2) is 23.6 Å². The van der Waals surface area contributed by atoms with E-state index in [-0.39, 0.29) is 0 Å². The van der Waals surface area contributed by atoms with Gasteiger partial charge in [0.15, 0.2) is 0 Å². The van der Waals surface area contributed by atoms with Gasteiger partial charge in [-0.15, -0.1) is 0 Å². The number of hydrogen-bond acceptors (Lipinski definition) is 4. The first-order valence-corrected chi connectivity index (χ1v) is 6.18. The average Bonchev–Trinajstić information content (AvgIpc) is 2.45. The van der Waals surface area contributed by atoms with Crippen molar-refractivity contribution in [1.82, 2.24) is 9.97 Å². The third-order valence-electron chi connectivity index (χ3n) is 2.99. The van der Waals surface area contributed by atoms with Crippen LogP contribution in [0.15, 0.2) is 36.7 Å². The van der Waals surface area contributed by atoms with E-state index in [4.69, 9.17) is 5.26 Å². The quantitative estimate of drug-likeness (QED) is 0.839. The van der Waals surface area contributed by atoms with E-state index in [1.54, 1.807) is 0 Å². The zero-order valence-electron chi connectivity index (χ0n) is 11.2. The van der Waals surface area contributed by atoms with Crippen molar-refractivity contribution < 1.29 is 0 Å². The molecule has 0 aliphatic carbocycles. The van der Waals surface area contributed by atoms with Crippen LogP contribution in [0.1, 0.15) is 12.0 Å². The Morgan fingerprint density at radius 2 is 1.89 bits per heavy atom. The second-order valence-electron chi connectivity index (χ2n) is 4.42. The van der Waals surface area contributed by atoms with Crippen LogP contribution >= 0.6 is 0 Å². The Labute approximate surface area is 113 Å². The predicted molar refractivity (Wildman–Crippen MR) is 75.7 cm³/mol. The summed E-state index contributed by atoms with van der Waals surface area (Å²) in [5.41, 5.74) is 3.36. The molecule has 0 unspecified atom stereocenters. The maximum atomic E-state index is 8.57.